The van der Waals surface area contributed by atoms with Crippen molar-refractivity contribution in [3.8, 4) is 23.0 Å². The van der Waals surface area contributed by atoms with Crippen molar-refractivity contribution in [1.29, 1.82) is 0 Å². The van der Waals surface area contributed by atoms with Crippen molar-refractivity contribution in [2.75, 3.05) is 26.4 Å². The molecule has 0 unspecified atom stereocenters. The molecule has 0 saturated heterocycles. The van der Waals surface area contributed by atoms with Gasteiger partial charge in [0.05, 0.1) is 13.2 Å². The van der Waals surface area contributed by atoms with Crippen molar-refractivity contribution in [3.05, 3.63) is 71.8 Å². The van der Waals surface area contributed by atoms with Gasteiger partial charge >= 0.3 is 0 Å². The monoisotopic (exact) mass is 424 g/mol. The molecule has 168 valence electrons. The first-order valence-electron chi connectivity index (χ1n) is 11.0. The van der Waals surface area contributed by atoms with E-state index in [-0.39, 0.29) is 5.92 Å². The van der Waals surface area contributed by atoms with Crippen molar-refractivity contribution in [3.63, 3.8) is 0 Å². The number of hydrogen-bond donors (Lipinski definition) is 0. The fourth-order valence-corrected chi connectivity index (χ4v) is 3.46. The molecule has 0 atom stereocenters. The maximum absolute atomic E-state index is 6.19. The average Bonchev–Trinajstić information content (AvgIpc) is 2.73. The zero-order valence-corrected chi connectivity index (χ0v) is 19.6. The van der Waals surface area contributed by atoms with E-state index in [0.717, 1.165) is 51.7 Å². The van der Waals surface area contributed by atoms with Gasteiger partial charge in [-0.3, -0.25) is 0 Å². The SMILES string of the molecule is C=C(C)COc1c(OCC)cccc1C(CC)c1cccc(OCC)c1OCC(=C)C. The molecular weight excluding hydrogens is 388 g/mol. The quantitative estimate of drug-likeness (QED) is 0.327. The summed E-state index contributed by atoms with van der Waals surface area (Å²) in [5.41, 5.74) is 4.02. The van der Waals surface area contributed by atoms with Crippen molar-refractivity contribution in [2.45, 2.75) is 47.0 Å². The third kappa shape index (κ3) is 6.55. The first-order chi connectivity index (χ1) is 14.9. The summed E-state index contributed by atoms with van der Waals surface area (Å²) >= 11 is 0. The molecule has 0 fully saturated rings. The van der Waals surface area contributed by atoms with E-state index in [0.29, 0.717) is 26.4 Å². The average molecular weight is 425 g/mol. The van der Waals surface area contributed by atoms with Crippen LogP contribution in [0.25, 0.3) is 0 Å². The van der Waals surface area contributed by atoms with Gasteiger partial charge in [0.1, 0.15) is 13.2 Å². The molecule has 0 N–H and O–H groups in total. The Labute approximate surface area is 187 Å². The molecule has 2 rings (SSSR count). The van der Waals surface area contributed by atoms with E-state index >= 15 is 0 Å². The van der Waals surface area contributed by atoms with Crippen LogP contribution in [-0.2, 0) is 0 Å². The van der Waals surface area contributed by atoms with Crippen molar-refractivity contribution < 1.29 is 18.9 Å². The Morgan fingerprint density at radius 1 is 0.710 bits per heavy atom. The highest BCUT2D eigenvalue weighted by atomic mass is 16.5. The predicted octanol–water partition coefficient (Wildman–Crippen LogP) is 6.94. The summed E-state index contributed by atoms with van der Waals surface area (Å²) in [5, 5.41) is 0. The second-order valence-electron chi connectivity index (χ2n) is 7.67. The Bertz CT molecular complexity index is 813. The van der Waals surface area contributed by atoms with Crippen LogP contribution < -0.4 is 18.9 Å². The highest BCUT2D eigenvalue weighted by Gasteiger charge is 2.25. The number of hydrogen-bond acceptors (Lipinski definition) is 4. The highest BCUT2D eigenvalue weighted by molar-refractivity contribution is 5.56. The van der Waals surface area contributed by atoms with Crippen LogP contribution in [0.3, 0.4) is 0 Å². The van der Waals surface area contributed by atoms with Crippen LogP contribution in [0.1, 0.15) is 58.1 Å². The first-order valence-corrected chi connectivity index (χ1v) is 11.0. The lowest BCUT2D eigenvalue weighted by Gasteiger charge is -2.25. The zero-order valence-electron chi connectivity index (χ0n) is 19.6. The van der Waals surface area contributed by atoms with Gasteiger partial charge in [-0.25, -0.2) is 0 Å². The molecular formula is C27H36O4. The predicted molar refractivity (Wildman–Crippen MR) is 128 cm³/mol. The van der Waals surface area contributed by atoms with Crippen LogP contribution in [0.15, 0.2) is 60.7 Å². The summed E-state index contributed by atoms with van der Waals surface area (Å²) in [5.74, 6) is 3.04. The second kappa shape index (κ2) is 12.1. The summed E-state index contributed by atoms with van der Waals surface area (Å²) in [7, 11) is 0. The van der Waals surface area contributed by atoms with E-state index in [2.05, 4.69) is 32.2 Å². The van der Waals surface area contributed by atoms with Crippen molar-refractivity contribution in [1.82, 2.24) is 0 Å². The molecule has 0 aliphatic carbocycles. The molecule has 0 heterocycles. The summed E-state index contributed by atoms with van der Waals surface area (Å²) in [6.45, 7) is 20.0. The normalized spacial score (nSPS) is 10.6. The number of para-hydroxylation sites is 2. The largest absolute Gasteiger partial charge is 0.490 e. The standard InChI is InChI=1S/C27H36O4/c1-8-21(22-13-11-15-24(28-9-2)26(22)30-17-19(4)5)23-14-12-16-25(29-10-3)27(23)31-18-20(6)7/h11-16,21H,4,6,8-10,17-18H2,1-3,5,7H3. The van der Waals surface area contributed by atoms with E-state index < -0.39 is 0 Å². The molecule has 0 aliphatic heterocycles. The van der Waals surface area contributed by atoms with Gasteiger partial charge < -0.3 is 18.9 Å². The lowest BCUT2D eigenvalue weighted by molar-refractivity contribution is 0.286. The number of ether oxygens (including phenoxy) is 4. The van der Waals surface area contributed by atoms with Crippen LogP contribution in [0, 0.1) is 0 Å². The fraction of sp³-hybridized carbons (Fsp3) is 0.407. The topological polar surface area (TPSA) is 36.9 Å². The van der Waals surface area contributed by atoms with Gasteiger partial charge in [0.25, 0.3) is 0 Å². The number of rotatable bonds is 13. The molecule has 4 heteroatoms. The summed E-state index contributed by atoms with van der Waals surface area (Å²) < 4.78 is 24.2. The Morgan fingerprint density at radius 3 is 1.45 bits per heavy atom. The highest BCUT2D eigenvalue weighted by Crippen LogP contribution is 2.45. The second-order valence-corrected chi connectivity index (χ2v) is 7.67. The van der Waals surface area contributed by atoms with Crippen molar-refractivity contribution >= 4 is 0 Å². The molecule has 0 amide bonds. The Morgan fingerprint density at radius 2 is 1.13 bits per heavy atom. The maximum atomic E-state index is 6.19. The Hall–Kier alpha value is -2.88. The summed E-state index contributed by atoms with van der Waals surface area (Å²) in [6.07, 6.45) is 0.859. The first kappa shape index (κ1) is 24.4. The Kier molecular flexibility index (Phi) is 9.51. The summed E-state index contributed by atoms with van der Waals surface area (Å²) in [4.78, 5) is 0. The molecule has 0 radical (unpaired) electrons. The van der Waals surface area contributed by atoms with Gasteiger partial charge in [-0.15, -0.1) is 0 Å². The van der Waals surface area contributed by atoms with Crippen molar-refractivity contribution in [2.24, 2.45) is 0 Å². The molecule has 0 aliphatic rings. The van der Waals surface area contributed by atoms with Crippen LogP contribution >= 0.6 is 0 Å². The van der Waals surface area contributed by atoms with Gasteiger partial charge in [-0.2, -0.15) is 0 Å². The zero-order chi connectivity index (χ0) is 22.8. The van der Waals surface area contributed by atoms with Gasteiger partial charge in [-0.1, -0.05) is 44.3 Å². The van der Waals surface area contributed by atoms with Gasteiger partial charge in [0.15, 0.2) is 23.0 Å². The smallest absolute Gasteiger partial charge is 0.165 e. The van der Waals surface area contributed by atoms with E-state index in [9.17, 15) is 0 Å². The van der Waals surface area contributed by atoms with E-state index in [1.807, 2.05) is 52.0 Å². The Balaban J connectivity index is 2.61. The van der Waals surface area contributed by atoms with Gasteiger partial charge in [-0.05, 0) is 57.4 Å². The molecule has 0 spiro atoms. The number of benzene rings is 2. The van der Waals surface area contributed by atoms with Crippen LogP contribution in [-0.4, -0.2) is 26.4 Å². The fourth-order valence-electron chi connectivity index (χ4n) is 3.46. The molecule has 0 bridgehead atoms. The minimum Gasteiger partial charge on any atom is -0.490 e. The van der Waals surface area contributed by atoms with E-state index in [1.165, 1.54) is 0 Å². The molecule has 0 aromatic heterocycles. The van der Waals surface area contributed by atoms with Crippen LogP contribution in [0.4, 0.5) is 0 Å². The van der Waals surface area contributed by atoms with Gasteiger partial charge in [0.2, 0.25) is 0 Å². The van der Waals surface area contributed by atoms with Crippen LogP contribution in [0.5, 0.6) is 23.0 Å². The maximum Gasteiger partial charge on any atom is 0.165 e. The lowest BCUT2D eigenvalue weighted by Crippen LogP contribution is -2.11. The molecule has 31 heavy (non-hydrogen) atoms. The van der Waals surface area contributed by atoms with Gasteiger partial charge in [0, 0.05) is 17.0 Å². The molecule has 2 aromatic rings. The lowest BCUT2D eigenvalue weighted by atomic mass is 9.87. The molecule has 4 nitrogen and oxygen atoms in total. The van der Waals surface area contributed by atoms with Crippen LogP contribution in [0.2, 0.25) is 0 Å². The minimum atomic E-state index is 0.0426. The molecule has 2 aromatic carbocycles. The van der Waals surface area contributed by atoms with E-state index in [4.69, 9.17) is 18.9 Å². The third-order valence-corrected chi connectivity index (χ3v) is 4.70. The van der Waals surface area contributed by atoms with E-state index in [1.54, 1.807) is 0 Å². The third-order valence-electron chi connectivity index (χ3n) is 4.70. The summed E-state index contributed by atoms with van der Waals surface area (Å²) in [6, 6.07) is 12.1. The minimum absolute atomic E-state index is 0.0426. The molecule has 0 saturated carbocycles.